The largest absolute Gasteiger partial charge is 0.496 e. The molecule has 4 heteroatoms. The van der Waals surface area contributed by atoms with E-state index in [1.807, 2.05) is 32.0 Å². The number of ether oxygens (including phenoxy) is 2. The number of hydrogen-bond donors (Lipinski definition) is 0. The van der Waals surface area contributed by atoms with Gasteiger partial charge in [-0.3, -0.25) is 0 Å². The molecule has 1 rings (SSSR count). The van der Waals surface area contributed by atoms with Gasteiger partial charge in [-0.25, -0.2) is 0 Å². The molecule has 1 aromatic carbocycles. The first-order valence-electron chi connectivity index (χ1n) is 5.63. The summed E-state index contributed by atoms with van der Waals surface area (Å²) in [6.07, 6.45) is 2.64. The van der Waals surface area contributed by atoms with Crippen molar-refractivity contribution in [1.82, 2.24) is 0 Å². The maximum Gasteiger partial charge on any atom is 0.131 e. The molecule has 0 amide bonds. The van der Waals surface area contributed by atoms with Crippen molar-refractivity contribution in [2.45, 2.75) is 26.4 Å². The minimum Gasteiger partial charge on any atom is -0.496 e. The Kier molecular flexibility index (Phi) is 5.33. The highest BCUT2D eigenvalue weighted by Crippen LogP contribution is 2.26. The number of oxime groups is 1. The van der Waals surface area contributed by atoms with Gasteiger partial charge in [0, 0.05) is 0 Å². The third kappa shape index (κ3) is 3.66. The highest BCUT2D eigenvalue weighted by molar-refractivity contribution is 5.87. The average Bonchev–Trinajstić information content (AvgIpc) is 2.38. The van der Waals surface area contributed by atoms with E-state index < -0.39 is 0 Å². The molecule has 1 unspecified atom stereocenters. The summed E-state index contributed by atoms with van der Waals surface area (Å²) in [6.45, 7) is 4.01. The van der Waals surface area contributed by atoms with Crippen LogP contribution in [0.15, 0.2) is 23.4 Å². The van der Waals surface area contributed by atoms with E-state index in [0.717, 1.165) is 12.0 Å². The molecule has 1 atom stereocenters. The monoisotopic (exact) mass is 237 g/mol. The second kappa shape index (κ2) is 6.78. The summed E-state index contributed by atoms with van der Waals surface area (Å²) in [4.78, 5) is 5.25. The summed E-state index contributed by atoms with van der Waals surface area (Å²) in [5.41, 5.74) is 0.779. The number of rotatable bonds is 6. The van der Waals surface area contributed by atoms with Gasteiger partial charge in [0.2, 0.25) is 0 Å². The number of nitrogens with zero attached hydrogens (tertiary/aromatic N) is 1. The second-order valence-electron chi connectivity index (χ2n) is 3.63. The molecule has 0 saturated carbocycles. The minimum absolute atomic E-state index is 0.104. The van der Waals surface area contributed by atoms with Gasteiger partial charge in [-0.2, -0.15) is 0 Å². The van der Waals surface area contributed by atoms with Crippen molar-refractivity contribution >= 4 is 6.21 Å². The molecular weight excluding hydrogens is 218 g/mol. The van der Waals surface area contributed by atoms with Gasteiger partial charge in [-0.05, 0) is 25.5 Å². The second-order valence-corrected chi connectivity index (χ2v) is 3.63. The topological polar surface area (TPSA) is 40.0 Å². The average molecular weight is 237 g/mol. The SMILES string of the molecule is CCC(C)O/N=C/c1c(OC)cccc1OC. The van der Waals surface area contributed by atoms with Crippen LogP contribution < -0.4 is 9.47 Å². The van der Waals surface area contributed by atoms with Crippen LogP contribution in [0.2, 0.25) is 0 Å². The first-order valence-corrected chi connectivity index (χ1v) is 5.63. The lowest BCUT2D eigenvalue weighted by Gasteiger charge is -2.09. The van der Waals surface area contributed by atoms with Gasteiger partial charge in [0.25, 0.3) is 0 Å². The van der Waals surface area contributed by atoms with Gasteiger partial charge in [0.1, 0.15) is 17.6 Å². The Labute approximate surface area is 102 Å². The Bertz CT molecular complexity index is 355. The zero-order chi connectivity index (χ0) is 12.7. The smallest absolute Gasteiger partial charge is 0.131 e. The molecular formula is C13H19NO3. The molecule has 0 aliphatic carbocycles. The lowest BCUT2D eigenvalue weighted by Crippen LogP contribution is -2.02. The van der Waals surface area contributed by atoms with Crippen molar-refractivity contribution in [3.8, 4) is 11.5 Å². The van der Waals surface area contributed by atoms with Crippen molar-refractivity contribution in [1.29, 1.82) is 0 Å². The zero-order valence-electron chi connectivity index (χ0n) is 10.8. The Morgan fingerprint density at radius 3 is 2.29 bits per heavy atom. The molecule has 0 radical (unpaired) electrons. The van der Waals surface area contributed by atoms with Crippen molar-refractivity contribution in [2.75, 3.05) is 14.2 Å². The molecule has 17 heavy (non-hydrogen) atoms. The van der Waals surface area contributed by atoms with Crippen LogP contribution in [0.3, 0.4) is 0 Å². The van der Waals surface area contributed by atoms with E-state index in [2.05, 4.69) is 5.16 Å². The van der Waals surface area contributed by atoms with Crippen molar-refractivity contribution < 1.29 is 14.3 Å². The van der Waals surface area contributed by atoms with Crippen LogP contribution in [-0.4, -0.2) is 26.5 Å². The molecule has 0 aliphatic rings. The van der Waals surface area contributed by atoms with Crippen LogP contribution in [0.5, 0.6) is 11.5 Å². The molecule has 0 bridgehead atoms. The standard InChI is InChI=1S/C13H19NO3/c1-5-10(2)17-14-9-11-12(15-3)7-6-8-13(11)16-4/h6-10H,5H2,1-4H3/b14-9+. The van der Waals surface area contributed by atoms with E-state index in [1.165, 1.54) is 0 Å². The van der Waals surface area contributed by atoms with Crippen molar-refractivity contribution in [2.24, 2.45) is 5.16 Å². The third-order valence-electron chi connectivity index (χ3n) is 2.46. The van der Waals surface area contributed by atoms with Crippen LogP contribution in [0.1, 0.15) is 25.8 Å². The fourth-order valence-electron chi connectivity index (χ4n) is 1.27. The first-order chi connectivity index (χ1) is 8.22. The summed E-state index contributed by atoms with van der Waals surface area (Å²) in [6, 6.07) is 5.57. The Morgan fingerprint density at radius 1 is 1.24 bits per heavy atom. The van der Waals surface area contributed by atoms with E-state index in [9.17, 15) is 0 Å². The highest BCUT2D eigenvalue weighted by Gasteiger charge is 2.07. The van der Waals surface area contributed by atoms with Gasteiger partial charge in [-0.1, -0.05) is 18.1 Å². The molecule has 0 heterocycles. The van der Waals surface area contributed by atoms with Crippen LogP contribution >= 0.6 is 0 Å². The van der Waals surface area contributed by atoms with E-state index in [-0.39, 0.29) is 6.10 Å². The molecule has 0 aliphatic heterocycles. The predicted octanol–water partition coefficient (Wildman–Crippen LogP) is 2.85. The first kappa shape index (κ1) is 13.4. The lowest BCUT2D eigenvalue weighted by atomic mass is 10.2. The summed E-state index contributed by atoms with van der Waals surface area (Å²) in [5, 5.41) is 3.94. The van der Waals surface area contributed by atoms with Crippen molar-refractivity contribution in [3.05, 3.63) is 23.8 Å². The predicted molar refractivity (Wildman–Crippen MR) is 68.0 cm³/mol. The normalized spacial score (nSPS) is 12.5. The van der Waals surface area contributed by atoms with Crippen LogP contribution in [0, 0.1) is 0 Å². The molecule has 0 aromatic heterocycles. The zero-order valence-corrected chi connectivity index (χ0v) is 10.8. The van der Waals surface area contributed by atoms with Gasteiger partial charge >= 0.3 is 0 Å². The molecule has 0 saturated heterocycles. The number of methoxy groups -OCH3 is 2. The van der Waals surface area contributed by atoms with Crippen molar-refractivity contribution in [3.63, 3.8) is 0 Å². The molecule has 4 nitrogen and oxygen atoms in total. The fraction of sp³-hybridized carbons (Fsp3) is 0.462. The quantitative estimate of drug-likeness (QED) is 0.564. The molecule has 94 valence electrons. The maximum absolute atomic E-state index is 5.25. The third-order valence-corrected chi connectivity index (χ3v) is 2.46. The molecule has 0 N–H and O–H groups in total. The van der Waals surface area contributed by atoms with Gasteiger partial charge in [0.15, 0.2) is 0 Å². The number of hydrogen-bond acceptors (Lipinski definition) is 4. The van der Waals surface area contributed by atoms with E-state index >= 15 is 0 Å². The molecule has 1 aromatic rings. The van der Waals surface area contributed by atoms with Gasteiger partial charge in [-0.15, -0.1) is 0 Å². The van der Waals surface area contributed by atoms with E-state index in [1.54, 1.807) is 20.4 Å². The summed E-state index contributed by atoms with van der Waals surface area (Å²) < 4.78 is 10.5. The van der Waals surface area contributed by atoms with E-state index in [0.29, 0.717) is 11.5 Å². The van der Waals surface area contributed by atoms with Crippen LogP contribution in [0.25, 0.3) is 0 Å². The summed E-state index contributed by atoms with van der Waals surface area (Å²) >= 11 is 0. The highest BCUT2D eigenvalue weighted by atomic mass is 16.6. The maximum atomic E-state index is 5.25. The van der Waals surface area contributed by atoms with E-state index in [4.69, 9.17) is 14.3 Å². The van der Waals surface area contributed by atoms with Crippen LogP contribution in [-0.2, 0) is 4.84 Å². The minimum atomic E-state index is 0.104. The molecule has 0 fully saturated rings. The van der Waals surface area contributed by atoms with Crippen LogP contribution in [0.4, 0.5) is 0 Å². The Morgan fingerprint density at radius 2 is 1.82 bits per heavy atom. The van der Waals surface area contributed by atoms with Gasteiger partial charge < -0.3 is 14.3 Å². The lowest BCUT2D eigenvalue weighted by molar-refractivity contribution is 0.0712. The summed E-state index contributed by atoms with van der Waals surface area (Å²) in [5.74, 6) is 1.42. The number of benzene rings is 1. The summed E-state index contributed by atoms with van der Waals surface area (Å²) in [7, 11) is 3.23. The van der Waals surface area contributed by atoms with Gasteiger partial charge in [0.05, 0.1) is 26.0 Å². The molecule has 0 spiro atoms. The fourth-order valence-corrected chi connectivity index (χ4v) is 1.27. The Balaban J connectivity index is 2.87. The Hall–Kier alpha value is -1.71.